The third kappa shape index (κ3) is 2.31. The van der Waals surface area contributed by atoms with Crippen molar-refractivity contribution < 1.29 is 0 Å². The second-order valence-electron chi connectivity index (χ2n) is 3.97. The first kappa shape index (κ1) is 12.0. The van der Waals surface area contributed by atoms with Gasteiger partial charge < -0.3 is 5.73 Å². The molecule has 0 radical (unpaired) electrons. The summed E-state index contributed by atoms with van der Waals surface area (Å²) in [5, 5.41) is 0. The quantitative estimate of drug-likeness (QED) is 0.906. The zero-order valence-corrected chi connectivity index (χ0v) is 11.3. The van der Waals surface area contributed by atoms with E-state index in [1.54, 1.807) is 11.3 Å². The molecule has 0 saturated carbocycles. The molecule has 4 heteroatoms. The van der Waals surface area contributed by atoms with Crippen LogP contribution in [-0.4, -0.2) is 9.97 Å². The average molecular weight is 247 g/mol. The fourth-order valence-corrected chi connectivity index (χ4v) is 2.74. The van der Waals surface area contributed by atoms with Crippen molar-refractivity contribution in [3.63, 3.8) is 0 Å². The predicted octanol–water partition coefficient (Wildman–Crippen LogP) is 3.22. The van der Waals surface area contributed by atoms with Gasteiger partial charge >= 0.3 is 0 Å². The molecule has 0 aromatic carbocycles. The fourth-order valence-electron chi connectivity index (χ4n) is 1.85. The lowest BCUT2D eigenvalue weighted by atomic mass is 10.1. The molecular weight excluding hydrogens is 230 g/mol. The van der Waals surface area contributed by atoms with E-state index in [-0.39, 0.29) is 0 Å². The van der Waals surface area contributed by atoms with Crippen LogP contribution in [0.3, 0.4) is 0 Å². The van der Waals surface area contributed by atoms with E-state index in [4.69, 9.17) is 5.73 Å². The van der Waals surface area contributed by atoms with Crippen LogP contribution in [0.4, 0.5) is 5.82 Å². The van der Waals surface area contributed by atoms with Crippen molar-refractivity contribution in [3.8, 4) is 10.7 Å². The Morgan fingerprint density at radius 2 is 1.94 bits per heavy atom. The molecule has 3 nitrogen and oxygen atoms in total. The van der Waals surface area contributed by atoms with Crippen molar-refractivity contribution in [2.75, 3.05) is 5.73 Å². The third-order valence-electron chi connectivity index (χ3n) is 2.83. The van der Waals surface area contributed by atoms with Gasteiger partial charge in [0.2, 0.25) is 0 Å². The summed E-state index contributed by atoms with van der Waals surface area (Å²) in [7, 11) is 0. The van der Waals surface area contributed by atoms with Gasteiger partial charge in [0.25, 0.3) is 0 Å². The number of aromatic nitrogens is 2. The number of aryl methyl sites for hydroxylation is 2. The monoisotopic (exact) mass is 247 g/mol. The number of nitrogens with two attached hydrogens (primary N) is 1. The zero-order chi connectivity index (χ0) is 12.4. The van der Waals surface area contributed by atoms with Crippen molar-refractivity contribution in [1.29, 1.82) is 0 Å². The van der Waals surface area contributed by atoms with Crippen molar-refractivity contribution >= 4 is 17.2 Å². The number of nitrogens with zero attached hydrogens (tertiary/aromatic N) is 2. The van der Waals surface area contributed by atoms with Crippen LogP contribution in [0.15, 0.2) is 12.1 Å². The van der Waals surface area contributed by atoms with Gasteiger partial charge in [0.15, 0.2) is 5.82 Å². The summed E-state index contributed by atoms with van der Waals surface area (Å²) in [4.78, 5) is 11.4. The summed E-state index contributed by atoms with van der Waals surface area (Å²) in [6, 6.07) is 4.20. The molecule has 2 aromatic rings. The standard InChI is InChI=1S/C13H17N3S/c1-4-9-6-7-11(17-9)13-15-8(3)10(5-2)12(14)16-13/h6-7H,4-5H2,1-3H3,(H2,14,15,16). The van der Waals surface area contributed by atoms with Crippen LogP contribution >= 0.6 is 11.3 Å². The van der Waals surface area contributed by atoms with Crippen molar-refractivity contribution in [2.24, 2.45) is 0 Å². The zero-order valence-electron chi connectivity index (χ0n) is 10.4. The second kappa shape index (κ2) is 4.84. The molecule has 2 N–H and O–H groups in total. The average Bonchev–Trinajstić information content (AvgIpc) is 2.77. The third-order valence-corrected chi connectivity index (χ3v) is 4.06. The number of rotatable bonds is 3. The van der Waals surface area contributed by atoms with E-state index >= 15 is 0 Å². The number of nitrogen functional groups attached to an aromatic ring is 1. The second-order valence-corrected chi connectivity index (χ2v) is 5.14. The molecule has 0 fully saturated rings. The Kier molecular flexibility index (Phi) is 3.43. The van der Waals surface area contributed by atoms with E-state index in [0.717, 1.165) is 34.8 Å². The molecule has 0 spiro atoms. The summed E-state index contributed by atoms with van der Waals surface area (Å²) < 4.78 is 0. The highest BCUT2D eigenvalue weighted by molar-refractivity contribution is 7.15. The molecule has 0 atom stereocenters. The first-order valence-corrected chi connectivity index (χ1v) is 6.69. The van der Waals surface area contributed by atoms with Gasteiger partial charge in [-0.05, 0) is 31.9 Å². The van der Waals surface area contributed by atoms with Gasteiger partial charge in [-0.3, -0.25) is 0 Å². The summed E-state index contributed by atoms with van der Waals surface area (Å²) in [6.45, 7) is 6.22. The minimum Gasteiger partial charge on any atom is -0.383 e. The van der Waals surface area contributed by atoms with Gasteiger partial charge in [0, 0.05) is 16.1 Å². The molecule has 0 aliphatic carbocycles. The molecular formula is C13H17N3S. The van der Waals surface area contributed by atoms with E-state index in [1.807, 2.05) is 6.92 Å². The smallest absolute Gasteiger partial charge is 0.171 e. The van der Waals surface area contributed by atoms with Crippen molar-refractivity contribution in [3.05, 3.63) is 28.3 Å². The summed E-state index contributed by atoms with van der Waals surface area (Å²) in [6.07, 6.45) is 1.93. The molecule has 0 aliphatic rings. The van der Waals surface area contributed by atoms with Crippen LogP contribution in [0.2, 0.25) is 0 Å². The Balaban J connectivity index is 2.46. The number of hydrogen-bond donors (Lipinski definition) is 1. The molecule has 17 heavy (non-hydrogen) atoms. The summed E-state index contributed by atoms with van der Waals surface area (Å²) >= 11 is 1.74. The van der Waals surface area contributed by atoms with E-state index in [1.165, 1.54) is 4.88 Å². The molecule has 0 unspecified atom stereocenters. The van der Waals surface area contributed by atoms with Crippen molar-refractivity contribution in [1.82, 2.24) is 9.97 Å². The Labute approximate surface area is 106 Å². The normalized spacial score (nSPS) is 10.8. The summed E-state index contributed by atoms with van der Waals surface area (Å²) in [5.74, 6) is 1.36. The predicted molar refractivity (Wildman–Crippen MR) is 73.3 cm³/mol. The maximum Gasteiger partial charge on any atom is 0.171 e. The molecule has 2 heterocycles. The Morgan fingerprint density at radius 1 is 1.18 bits per heavy atom. The number of anilines is 1. The Hall–Kier alpha value is -1.42. The highest BCUT2D eigenvalue weighted by atomic mass is 32.1. The van der Waals surface area contributed by atoms with Crippen LogP contribution in [0.25, 0.3) is 10.7 Å². The first-order chi connectivity index (χ1) is 8.15. The molecule has 2 rings (SSSR count). The highest BCUT2D eigenvalue weighted by Gasteiger charge is 2.10. The number of thiophene rings is 1. The van der Waals surface area contributed by atoms with Gasteiger partial charge in [-0.1, -0.05) is 13.8 Å². The lowest BCUT2D eigenvalue weighted by Gasteiger charge is -2.07. The SMILES string of the molecule is CCc1ccc(-c2nc(C)c(CC)c(N)n2)s1. The van der Waals surface area contributed by atoms with Crippen LogP contribution in [-0.2, 0) is 12.8 Å². The van der Waals surface area contributed by atoms with Gasteiger partial charge in [-0.25, -0.2) is 9.97 Å². The van der Waals surface area contributed by atoms with Crippen LogP contribution in [0.5, 0.6) is 0 Å². The lowest BCUT2D eigenvalue weighted by Crippen LogP contribution is -2.03. The maximum absolute atomic E-state index is 5.96. The van der Waals surface area contributed by atoms with Crippen LogP contribution in [0, 0.1) is 6.92 Å². The molecule has 0 saturated heterocycles. The van der Waals surface area contributed by atoms with Gasteiger partial charge in [0.05, 0.1) is 4.88 Å². The molecule has 0 bridgehead atoms. The topological polar surface area (TPSA) is 51.8 Å². The van der Waals surface area contributed by atoms with Gasteiger partial charge in [-0.15, -0.1) is 11.3 Å². The molecule has 90 valence electrons. The Bertz CT molecular complexity index is 508. The Morgan fingerprint density at radius 3 is 2.47 bits per heavy atom. The van der Waals surface area contributed by atoms with E-state index in [9.17, 15) is 0 Å². The van der Waals surface area contributed by atoms with Crippen molar-refractivity contribution in [2.45, 2.75) is 33.6 Å². The fraction of sp³-hybridized carbons (Fsp3) is 0.385. The number of hydrogen-bond acceptors (Lipinski definition) is 4. The molecule has 0 amide bonds. The first-order valence-electron chi connectivity index (χ1n) is 5.87. The van der Waals surface area contributed by atoms with Crippen LogP contribution in [0.1, 0.15) is 30.0 Å². The minimum absolute atomic E-state index is 0.612. The van der Waals surface area contributed by atoms with Crippen LogP contribution < -0.4 is 5.73 Å². The minimum atomic E-state index is 0.612. The van der Waals surface area contributed by atoms with E-state index in [0.29, 0.717) is 5.82 Å². The van der Waals surface area contributed by atoms with Gasteiger partial charge in [-0.2, -0.15) is 0 Å². The lowest BCUT2D eigenvalue weighted by molar-refractivity contribution is 1.01. The van der Waals surface area contributed by atoms with E-state index in [2.05, 4.69) is 35.9 Å². The molecule has 2 aromatic heterocycles. The van der Waals surface area contributed by atoms with Gasteiger partial charge in [0.1, 0.15) is 5.82 Å². The maximum atomic E-state index is 5.96. The largest absolute Gasteiger partial charge is 0.383 e. The summed E-state index contributed by atoms with van der Waals surface area (Å²) in [5.41, 5.74) is 8.01. The highest BCUT2D eigenvalue weighted by Crippen LogP contribution is 2.27. The molecule has 0 aliphatic heterocycles. The van der Waals surface area contributed by atoms with E-state index < -0.39 is 0 Å².